The fourth-order valence-electron chi connectivity index (χ4n) is 4.82. The number of halogens is 1. The number of likely N-dealkylation sites (N-methyl/N-ethyl adjacent to an activating group) is 1. The number of nitrogens with one attached hydrogen (secondary N) is 2. The lowest BCUT2D eigenvalue weighted by molar-refractivity contribution is -0.134. The number of aryl methyl sites for hydroxylation is 1. The number of nitrogens with zero attached hydrogens (tertiary/aromatic N) is 2. The number of carbonyl (C=O) groups excluding carboxylic acids is 2. The Morgan fingerprint density at radius 2 is 2.07 bits per heavy atom. The summed E-state index contributed by atoms with van der Waals surface area (Å²) in [6.07, 6.45) is 4.49. The van der Waals surface area contributed by atoms with E-state index < -0.39 is 0 Å². The smallest absolute Gasteiger partial charge is 0.267 e. The van der Waals surface area contributed by atoms with Crippen LogP contribution in [0.4, 0.5) is 4.39 Å². The maximum atomic E-state index is 14.1. The van der Waals surface area contributed by atoms with Gasteiger partial charge in [0.1, 0.15) is 11.5 Å². The van der Waals surface area contributed by atoms with Gasteiger partial charge in [-0.3, -0.25) is 14.5 Å². The van der Waals surface area contributed by atoms with Crippen LogP contribution in [0.5, 0.6) is 0 Å². The third kappa shape index (κ3) is 3.75. The van der Waals surface area contributed by atoms with Crippen molar-refractivity contribution in [2.45, 2.75) is 57.2 Å². The summed E-state index contributed by atoms with van der Waals surface area (Å²) < 4.78 is 14.1. The first-order valence-corrected chi connectivity index (χ1v) is 10.4. The van der Waals surface area contributed by atoms with Crippen molar-refractivity contribution in [1.82, 2.24) is 20.1 Å². The minimum Gasteiger partial charge on any atom is -0.350 e. The second-order valence-electron chi connectivity index (χ2n) is 8.63. The predicted octanol–water partition coefficient (Wildman–Crippen LogP) is 2.82. The van der Waals surface area contributed by atoms with Crippen molar-refractivity contribution in [3.63, 3.8) is 0 Å². The van der Waals surface area contributed by atoms with Gasteiger partial charge in [0.15, 0.2) is 0 Å². The first-order chi connectivity index (χ1) is 13.8. The summed E-state index contributed by atoms with van der Waals surface area (Å²) >= 11 is 0. The van der Waals surface area contributed by atoms with Crippen molar-refractivity contribution in [2.24, 2.45) is 0 Å². The van der Waals surface area contributed by atoms with Crippen LogP contribution in [0.2, 0.25) is 0 Å². The zero-order valence-corrected chi connectivity index (χ0v) is 17.3. The lowest BCUT2D eigenvalue weighted by Crippen LogP contribution is -2.48. The summed E-state index contributed by atoms with van der Waals surface area (Å²) in [6.45, 7) is 2.67. The van der Waals surface area contributed by atoms with Crippen LogP contribution in [0.3, 0.4) is 0 Å². The molecule has 1 aromatic carbocycles. The average molecular weight is 400 g/mol. The Bertz CT molecular complexity index is 899. The number of benzene rings is 1. The molecule has 0 unspecified atom stereocenters. The highest BCUT2D eigenvalue weighted by atomic mass is 19.1. The monoisotopic (exact) mass is 400 g/mol. The number of H-pyrrole nitrogens is 1. The van der Waals surface area contributed by atoms with Crippen LogP contribution in [0.1, 0.15) is 48.2 Å². The van der Waals surface area contributed by atoms with Crippen molar-refractivity contribution in [1.29, 1.82) is 0 Å². The van der Waals surface area contributed by atoms with E-state index in [0.29, 0.717) is 16.6 Å². The van der Waals surface area contributed by atoms with E-state index in [0.717, 1.165) is 44.2 Å². The largest absolute Gasteiger partial charge is 0.350 e. The van der Waals surface area contributed by atoms with Gasteiger partial charge in [0.05, 0.1) is 11.6 Å². The highest BCUT2D eigenvalue weighted by Crippen LogP contribution is 2.28. The molecule has 0 radical (unpaired) electrons. The van der Waals surface area contributed by atoms with E-state index in [1.54, 1.807) is 12.1 Å². The molecule has 1 saturated carbocycles. The first kappa shape index (κ1) is 19.9. The van der Waals surface area contributed by atoms with Gasteiger partial charge in [-0.25, -0.2) is 4.39 Å². The summed E-state index contributed by atoms with van der Waals surface area (Å²) in [5.74, 6) is -0.347. The average Bonchev–Trinajstić information content (AvgIpc) is 3.30. The molecule has 2 aliphatic rings. The van der Waals surface area contributed by atoms with E-state index in [2.05, 4.69) is 10.3 Å². The number of rotatable bonds is 4. The fraction of sp³-hybridized carbons (Fsp3) is 0.545. The Morgan fingerprint density at radius 1 is 1.28 bits per heavy atom. The zero-order chi connectivity index (χ0) is 20.7. The van der Waals surface area contributed by atoms with E-state index in [9.17, 15) is 14.0 Å². The summed E-state index contributed by atoms with van der Waals surface area (Å²) in [7, 11) is 3.89. The molecule has 2 N–H and O–H groups in total. The number of likely N-dealkylation sites (tertiary alicyclic amines) is 1. The van der Waals surface area contributed by atoms with Crippen LogP contribution in [0, 0.1) is 12.7 Å². The molecule has 3 atom stereocenters. The molecular weight excluding hydrogens is 371 g/mol. The second kappa shape index (κ2) is 7.78. The maximum Gasteiger partial charge on any atom is 0.267 e. The quantitative estimate of drug-likeness (QED) is 0.829. The van der Waals surface area contributed by atoms with Gasteiger partial charge in [0.2, 0.25) is 5.91 Å². The lowest BCUT2D eigenvalue weighted by atomic mass is 9.90. The number of hydrogen-bond donors (Lipinski definition) is 2. The number of aromatic nitrogens is 1. The summed E-state index contributed by atoms with van der Waals surface area (Å²) in [5, 5.41) is 3.54. The van der Waals surface area contributed by atoms with E-state index >= 15 is 0 Å². The van der Waals surface area contributed by atoms with Crippen molar-refractivity contribution >= 4 is 22.7 Å². The SMILES string of the molecule is Cc1ccc(F)c2cc(C(=O)N[C@@H]3CCC[C@H](N4CC[C@H](N(C)C)C4=O)C3)[nH]c12. The molecule has 1 aliphatic heterocycles. The Balaban J connectivity index is 1.43. The number of fused-ring (bicyclic) bond motifs is 1. The molecule has 4 rings (SSSR count). The first-order valence-electron chi connectivity index (χ1n) is 10.4. The summed E-state index contributed by atoms with van der Waals surface area (Å²) in [6, 6.07) is 4.87. The molecule has 156 valence electrons. The standard InChI is InChI=1S/C22H29FN4O2/c1-13-7-8-17(23)16-12-18(25-20(13)16)21(28)24-14-5-4-6-15(11-14)27-10-9-19(22(27)29)26(2)3/h7-8,12,14-15,19,25H,4-6,9-11H2,1-3H3,(H,24,28)/t14-,15+,19+/m1/s1. The van der Waals surface area contributed by atoms with Crippen molar-refractivity contribution in [3.8, 4) is 0 Å². The maximum absolute atomic E-state index is 14.1. The van der Waals surface area contributed by atoms with Gasteiger partial charge in [-0.1, -0.05) is 6.07 Å². The molecule has 1 saturated heterocycles. The number of aromatic amines is 1. The third-order valence-corrected chi connectivity index (χ3v) is 6.45. The Hall–Kier alpha value is -2.41. The Kier molecular flexibility index (Phi) is 5.34. The van der Waals surface area contributed by atoms with E-state index in [1.165, 1.54) is 6.07 Å². The van der Waals surface area contributed by atoms with E-state index in [4.69, 9.17) is 0 Å². The molecule has 2 fully saturated rings. The molecule has 0 spiro atoms. The molecule has 2 aromatic rings. The van der Waals surface area contributed by atoms with Gasteiger partial charge in [0, 0.05) is 24.0 Å². The molecule has 29 heavy (non-hydrogen) atoms. The molecular formula is C22H29FN4O2. The summed E-state index contributed by atoms with van der Waals surface area (Å²) in [4.78, 5) is 32.6. The third-order valence-electron chi connectivity index (χ3n) is 6.45. The lowest BCUT2D eigenvalue weighted by Gasteiger charge is -2.36. The van der Waals surface area contributed by atoms with Crippen LogP contribution in [0.15, 0.2) is 18.2 Å². The fourth-order valence-corrected chi connectivity index (χ4v) is 4.82. The van der Waals surface area contributed by atoms with Crippen LogP contribution < -0.4 is 5.32 Å². The minimum atomic E-state index is -0.332. The molecule has 2 heterocycles. The van der Waals surface area contributed by atoms with E-state index in [-0.39, 0.29) is 35.8 Å². The van der Waals surface area contributed by atoms with Crippen molar-refractivity contribution in [2.75, 3.05) is 20.6 Å². The van der Waals surface area contributed by atoms with Crippen LogP contribution in [-0.2, 0) is 4.79 Å². The van der Waals surface area contributed by atoms with Crippen LogP contribution in [-0.4, -0.2) is 65.4 Å². The van der Waals surface area contributed by atoms with Gasteiger partial charge in [0.25, 0.3) is 5.91 Å². The van der Waals surface area contributed by atoms with Crippen LogP contribution >= 0.6 is 0 Å². The number of carbonyl (C=O) groups is 2. The zero-order valence-electron chi connectivity index (χ0n) is 17.3. The predicted molar refractivity (Wildman–Crippen MR) is 110 cm³/mol. The van der Waals surface area contributed by atoms with Gasteiger partial charge in [-0.15, -0.1) is 0 Å². The molecule has 6 nitrogen and oxygen atoms in total. The molecule has 2 amide bonds. The minimum absolute atomic E-state index is 0.0183. The highest BCUT2D eigenvalue weighted by molar-refractivity contribution is 5.99. The van der Waals surface area contributed by atoms with Gasteiger partial charge in [-0.2, -0.15) is 0 Å². The molecule has 1 aromatic heterocycles. The number of amides is 2. The molecule has 0 bridgehead atoms. The normalized spacial score (nSPS) is 25.2. The number of hydrogen-bond acceptors (Lipinski definition) is 3. The van der Waals surface area contributed by atoms with Gasteiger partial charge < -0.3 is 15.2 Å². The second-order valence-corrected chi connectivity index (χ2v) is 8.63. The van der Waals surface area contributed by atoms with Crippen molar-refractivity contribution < 1.29 is 14.0 Å². The van der Waals surface area contributed by atoms with Gasteiger partial charge >= 0.3 is 0 Å². The summed E-state index contributed by atoms with van der Waals surface area (Å²) in [5.41, 5.74) is 1.94. The Labute approximate surface area is 170 Å². The Morgan fingerprint density at radius 3 is 2.76 bits per heavy atom. The highest BCUT2D eigenvalue weighted by Gasteiger charge is 2.39. The van der Waals surface area contributed by atoms with E-state index in [1.807, 2.05) is 30.8 Å². The molecule has 7 heteroatoms. The van der Waals surface area contributed by atoms with Crippen LogP contribution in [0.25, 0.3) is 10.9 Å². The van der Waals surface area contributed by atoms with Gasteiger partial charge in [-0.05, 0) is 70.8 Å². The van der Waals surface area contributed by atoms with Crippen molar-refractivity contribution in [3.05, 3.63) is 35.3 Å². The molecule has 1 aliphatic carbocycles. The topological polar surface area (TPSA) is 68.4 Å².